The Labute approximate surface area is 111 Å². The first-order chi connectivity index (χ1) is 8.97. The zero-order valence-electron chi connectivity index (χ0n) is 10.2. The average molecular weight is 282 g/mol. The number of carboxylic acids is 1. The third-order valence-electron chi connectivity index (χ3n) is 2.40. The van der Waals surface area contributed by atoms with E-state index in [9.17, 15) is 13.2 Å². The Morgan fingerprint density at radius 3 is 2.74 bits per heavy atom. The normalized spacial score (nSPS) is 10.9. The Morgan fingerprint density at radius 1 is 1.37 bits per heavy atom. The summed E-state index contributed by atoms with van der Waals surface area (Å²) in [5, 5.41) is 17.1. The molecule has 0 aromatic heterocycles. The van der Waals surface area contributed by atoms with E-state index in [1.807, 2.05) is 6.07 Å². The smallest absolute Gasteiger partial charge is 0.335 e. The molecule has 0 fully saturated rings. The number of hydrogen-bond acceptors (Lipinski definition) is 4. The van der Waals surface area contributed by atoms with Crippen LogP contribution < -0.4 is 4.72 Å². The minimum atomic E-state index is -3.70. The van der Waals surface area contributed by atoms with Gasteiger partial charge in [-0.05, 0) is 31.0 Å². The lowest BCUT2D eigenvalue weighted by molar-refractivity contribution is 0.0696. The van der Waals surface area contributed by atoms with Gasteiger partial charge < -0.3 is 5.11 Å². The highest BCUT2D eigenvalue weighted by Crippen LogP contribution is 2.11. The monoisotopic (exact) mass is 282 g/mol. The fraction of sp³-hybridized carbons (Fsp3) is 0.333. The van der Waals surface area contributed by atoms with Crippen LogP contribution in [0.1, 0.15) is 29.6 Å². The summed E-state index contributed by atoms with van der Waals surface area (Å²) in [4.78, 5) is 10.7. The lowest BCUT2D eigenvalue weighted by atomic mass is 10.2. The standard InChI is InChI=1S/C12H14N2O4S/c13-7-2-1-3-8-14-19(17,18)11-6-4-5-10(9-11)12(15)16/h4-6,9,14H,1-3,8H2,(H,15,16). The molecule has 0 aliphatic rings. The first kappa shape index (κ1) is 15.1. The van der Waals surface area contributed by atoms with Crippen LogP contribution in [0.15, 0.2) is 29.2 Å². The second-order valence-electron chi connectivity index (χ2n) is 3.85. The van der Waals surface area contributed by atoms with E-state index in [2.05, 4.69) is 4.72 Å². The van der Waals surface area contributed by atoms with Gasteiger partial charge in [-0.2, -0.15) is 5.26 Å². The van der Waals surface area contributed by atoms with Gasteiger partial charge in [0.15, 0.2) is 0 Å². The molecule has 0 saturated heterocycles. The van der Waals surface area contributed by atoms with E-state index < -0.39 is 16.0 Å². The quantitative estimate of drug-likeness (QED) is 0.734. The number of sulfonamides is 1. The summed E-state index contributed by atoms with van der Waals surface area (Å²) in [6, 6.07) is 7.13. The predicted octanol–water partition coefficient (Wildman–Crippen LogP) is 1.36. The second-order valence-corrected chi connectivity index (χ2v) is 5.61. The van der Waals surface area contributed by atoms with Gasteiger partial charge in [-0.3, -0.25) is 0 Å². The van der Waals surface area contributed by atoms with E-state index in [4.69, 9.17) is 10.4 Å². The number of carbonyl (C=O) groups is 1. The second kappa shape index (κ2) is 6.87. The molecule has 0 atom stereocenters. The average Bonchev–Trinajstić information content (AvgIpc) is 2.38. The molecule has 7 heteroatoms. The molecule has 0 amide bonds. The summed E-state index contributed by atoms with van der Waals surface area (Å²) in [7, 11) is -3.70. The number of aromatic carboxylic acids is 1. The van der Waals surface area contributed by atoms with Gasteiger partial charge in [0.2, 0.25) is 10.0 Å². The third-order valence-corrected chi connectivity index (χ3v) is 3.86. The van der Waals surface area contributed by atoms with Crippen molar-refractivity contribution in [3.63, 3.8) is 0 Å². The maximum atomic E-state index is 11.9. The molecular weight excluding hydrogens is 268 g/mol. The molecule has 1 rings (SSSR count). The fourth-order valence-electron chi connectivity index (χ4n) is 1.42. The highest BCUT2D eigenvalue weighted by Gasteiger charge is 2.15. The molecular formula is C12H14N2O4S. The first-order valence-electron chi connectivity index (χ1n) is 5.67. The molecule has 0 aliphatic heterocycles. The summed E-state index contributed by atoms with van der Waals surface area (Å²) in [6.07, 6.45) is 1.57. The number of hydrogen-bond donors (Lipinski definition) is 2. The first-order valence-corrected chi connectivity index (χ1v) is 7.15. The third kappa shape index (κ3) is 4.69. The van der Waals surface area contributed by atoms with Gasteiger partial charge in [0.05, 0.1) is 16.5 Å². The Morgan fingerprint density at radius 2 is 2.11 bits per heavy atom. The number of nitriles is 1. The van der Waals surface area contributed by atoms with E-state index in [0.29, 0.717) is 19.3 Å². The summed E-state index contributed by atoms with van der Waals surface area (Å²) in [5.41, 5.74) is -0.0765. The van der Waals surface area contributed by atoms with Crippen LogP contribution in [0.5, 0.6) is 0 Å². The molecule has 0 aliphatic carbocycles. The van der Waals surface area contributed by atoms with Crippen molar-refractivity contribution in [3.8, 4) is 6.07 Å². The molecule has 0 unspecified atom stereocenters. The zero-order valence-corrected chi connectivity index (χ0v) is 11.0. The van der Waals surface area contributed by atoms with Crippen molar-refractivity contribution in [2.24, 2.45) is 0 Å². The largest absolute Gasteiger partial charge is 0.478 e. The Balaban J connectivity index is 2.70. The van der Waals surface area contributed by atoms with Crippen LogP contribution >= 0.6 is 0 Å². The molecule has 0 saturated carbocycles. The van der Waals surface area contributed by atoms with Crippen molar-refractivity contribution >= 4 is 16.0 Å². The molecule has 2 N–H and O–H groups in total. The van der Waals surface area contributed by atoms with Gasteiger partial charge >= 0.3 is 5.97 Å². The predicted molar refractivity (Wildman–Crippen MR) is 68.1 cm³/mol. The lowest BCUT2D eigenvalue weighted by Gasteiger charge is -2.06. The van der Waals surface area contributed by atoms with Crippen LogP contribution in [0.25, 0.3) is 0 Å². The van der Waals surface area contributed by atoms with E-state index in [0.717, 1.165) is 6.07 Å². The number of carboxylic acid groups (broad SMARTS) is 1. The Kier molecular flexibility index (Phi) is 5.48. The van der Waals surface area contributed by atoms with E-state index in [1.165, 1.54) is 18.2 Å². The number of rotatable bonds is 7. The minimum Gasteiger partial charge on any atom is -0.478 e. The maximum absolute atomic E-state index is 11.9. The number of nitrogens with zero attached hydrogens (tertiary/aromatic N) is 1. The number of nitrogens with one attached hydrogen (secondary N) is 1. The van der Waals surface area contributed by atoms with Gasteiger partial charge in [0.25, 0.3) is 0 Å². The Bertz CT molecular complexity index is 590. The van der Waals surface area contributed by atoms with Crippen LogP contribution in [-0.2, 0) is 10.0 Å². The highest BCUT2D eigenvalue weighted by molar-refractivity contribution is 7.89. The molecule has 6 nitrogen and oxygen atoms in total. The van der Waals surface area contributed by atoms with Crippen molar-refractivity contribution < 1.29 is 18.3 Å². The van der Waals surface area contributed by atoms with Gasteiger partial charge in [-0.25, -0.2) is 17.9 Å². The SMILES string of the molecule is N#CCCCCNS(=O)(=O)c1cccc(C(=O)O)c1. The minimum absolute atomic E-state index is 0.0762. The molecule has 102 valence electrons. The summed E-state index contributed by atoms with van der Waals surface area (Å²) >= 11 is 0. The molecule has 0 heterocycles. The van der Waals surface area contributed by atoms with Crippen LogP contribution in [0.3, 0.4) is 0 Å². The molecule has 0 radical (unpaired) electrons. The van der Waals surface area contributed by atoms with Crippen LogP contribution in [0.2, 0.25) is 0 Å². The molecule has 1 aromatic carbocycles. The summed E-state index contributed by atoms with van der Waals surface area (Å²) in [5.74, 6) is -1.17. The molecule has 0 spiro atoms. The van der Waals surface area contributed by atoms with Gasteiger partial charge in [0.1, 0.15) is 0 Å². The van der Waals surface area contributed by atoms with Crippen molar-refractivity contribution in [2.75, 3.05) is 6.54 Å². The lowest BCUT2D eigenvalue weighted by Crippen LogP contribution is -2.25. The Hall–Kier alpha value is -1.91. The van der Waals surface area contributed by atoms with E-state index in [-0.39, 0.29) is 17.0 Å². The van der Waals surface area contributed by atoms with Gasteiger partial charge in [-0.1, -0.05) is 6.07 Å². The van der Waals surface area contributed by atoms with Gasteiger partial charge in [-0.15, -0.1) is 0 Å². The number of benzene rings is 1. The maximum Gasteiger partial charge on any atom is 0.335 e. The molecule has 0 bridgehead atoms. The number of unbranched alkanes of at least 4 members (excludes halogenated alkanes) is 2. The summed E-state index contributed by atoms with van der Waals surface area (Å²) < 4.78 is 26.1. The molecule has 1 aromatic rings. The summed E-state index contributed by atoms with van der Waals surface area (Å²) in [6.45, 7) is 0.224. The van der Waals surface area contributed by atoms with Crippen LogP contribution in [0, 0.1) is 11.3 Å². The van der Waals surface area contributed by atoms with Crippen LogP contribution in [-0.4, -0.2) is 26.0 Å². The molecule has 19 heavy (non-hydrogen) atoms. The van der Waals surface area contributed by atoms with Crippen molar-refractivity contribution in [1.29, 1.82) is 5.26 Å². The van der Waals surface area contributed by atoms with Gasteiger partial charge in [0, 0.05) is 13.0 Å². The van der Waals surface area contributed by atoms with Crippen molar-refractivity contribution in [3.05, 3.63) is 29.8 Å². The van der Waals surface area contributed by atoms with E-state index in [1.54, 1.807) is 0 Å². The van der Waals surface area contributed by atoms with E-state index >= 15 is 0 Å². The van der Waals surface area contributed by atoms with Crippen molar-refractivity contribution in [2.45, 2.75) is 24.2 Å². The topological polar surface area (TPSA) is 107 Å². The van der Waals surface area contributed by atoms with Crippen LogP contribution in [0.4, 0.5) is 0 Å². The zero-order chi connectivity index (χ0) is 14.3. The fourth-order valence-corrected chi connectivity index (χ4v) is 2.53. The van der Waals surface area contributed by atoms with Crippen molar-refractivity contribution in [1.82, 2.24) is 4.72 Å². The highest BCUT2D eigenvalue weighted by atomic mass is 32.2.